The van der Waals surface area contributed by atoms with Gasteiger partial charge in [-0.2, -0.15) is 0 Å². The Morgan fingerprint density at radius 3 is 1.92 bits per heavy atom. The lowest BCUT2D eigenvalue weighted by molar-refractivity contribution is -0.247. The van der Waals surface area contributed by atoms with Gasteiger partial charge in [0.15, 0.2) is 0 Å². The molecule has 4 N–H and O–H groups in total. The summed E-state index contributed by atoms with van der Waals surface area (Å²) in [5, 5.41) is 38.3. The summed E-state index contributed by atoms with van der Waals surface area (Å²) in [5.41, 5.74) is -2.57. The first-order chi connectivity index (χ1) is 11.5. The molecule has 2 aliphatic rings. The lowest BCUT2D eigenvalue weighted by Gasteiger charge is -2.67. The number of carboxylic acids is 4. The average Bonchev–Trinajstić information content (AvgIpc) is 2.48. The molecule has 0 saturated heterocycles. The summed E-state index contributed by atoms with van der Waals surface area (Å²) in [6.07, 6.45) is 1.10. The highest BCUT2D eigenvalue weighted by Gasteiger charge is 2.76. The number of fused-ring (bicyclic) bond motifs is 1. The SMILES string of the molecule is CCCCC1(C(=O)O)C2CC(C(=O)O)C(C(=O)O)CC2(C)C1C(=O)O. The maximum atomic E-state index is 12.1. The number of hydrogen-bond donors (Lipinski definition) is 4. The molecule has 25 heavy (non-hydrogen) atoms. The van der Waals surface area contributed by atoms with E-state index in [1.165, 1.54) is 0 Å². The van der Waals surface area contributed by atoms with Gasteiger partial charge in [-0.1, -0.05) is 26.7 Å². The monoisotopic (exact) mass is 356 g/mol. The highest BCUT2D eigenvalue weighted by atomic mass is 16.4. The van der Waals surface area contributed by atoms with E-state index in [1.807, 2.05) is 6.92 Å². The number of hydrogen-bond acceptors (Lipinski definition) is 4. The number of unbranched alkanes of at least 4 members (excludes halogenated alkanes) is 1. The summed E-state index contributed by atoms with van der Waals surface area (Å²) in [6, 6.07) is 0. The molecule has 0 bridgehead atoms. The lowest BCUT2D eigenvalue weighted by atomic mass is 9.33. The zero-order valence-electron chi connectivity index (χ0n) is 14.3. The third-order valence-corrected chi connectivity index (χ3v) is 6.45. The van der Waals surface area contributed by atoms with Gasteiger partial charge in [-0.15, -0.1) is 0 Å². The molecule has 2 fully saturated rings. The van der Waals surface area contributed by atoms with Crippen LogP contribution in [0.3, 0.4) is 0 Å². The molecule has 8 nitrogen and oxygen atoms in total. The Hall–Kier alpha value is -2.12. The van der Waals surface area contributed by atoms with Crippen LogP contribution in [0.25, 0.3) is 0 Å². The quantitative estimate of drug-likeness (QED) is 0.539. The van der Waals surface area contributed by atoms with E-state index in [2.05, 4.69) is 0 Å². The average molecular weight is 356 g/mol. The van der Waals surface area contributed by atoms with Gasteiger partial charge in [-0.3, -0.25) is 19.2 Å². The zero-order valence-corrected chi connectivity index (χ0v) is 14.3. The second kappa shape index (κ2) is 6.31. The lowest BCUT2D eigenvalue weighted by Crippen LogP contribution is -2.72. The molecule has 0 aromatic heterocycles. The Morgan fingerprint density at radius 1 is 0.960 bits per heavy atom. The largest absolute Gasteiger partial charge is 0.481 e. The van der Waals surface area contributed by atoms with Crippen molar-refractivity contribution in [1.29, 1.82) is 0 Å². The minimum atomic E-state index is -1.53. The number of carboxylic acid groups (broad SMARTS) is 4. The molecule has 2 rings (SSSR count). The molecule has 2 aliphatic carbocycles. The highest BCUT2D eigenvalue weighted by molar-refractivity contribution is 5.88. The van der Waals surface area contributed by atoms with Crippen molar-refractivity contribution in [1.82, 2.24) is 0 Å². The predicted molar refractivity (Wildman–Crippen MR) is 83.8 cm³/mol. The molecule has 0 amide bonds. The van der Waals surface area contributed by atoms with Gasteiger partial charge in [0, 0.05) is 0 Å². The van der Waals surface area contributed by atoms with E-state index in [4.69, 9.17) is 0 Å². The maximum absolute atomic E-state index is 12.1. The van der Waals surface area contributed by atoms with E-state index < -0.39 is 58.4 Å². The Morgan fingerprint density at radius 2 is 1.52 bits per heavy atom. The topological polar surface area (TPSA) is 149 Å². The van der Waals surface area contributed by atoms with Crippen LogP contribution in [0.5, 0.6) is 0 Å². The van der Waals surface area contributed by atoms with Gasteiger partial charge in [0.1, 0.15) is 0 Å². The van der Waals surface area contributed by atoms with Crippen LogP contribution in [0, 0.1) is 34.5 Å². The van der Waals surface area contributed by atoms with Crippen LogP contribution in [0.15, 0.2) is 0 Å². The second-order valence-corrected chi connectivity index (χ2v) is 7.61. The number of rotatable bonds is 7. The molecule has 0 aromatic rings. The van der Waals surface area contributed by atoms with Crippen LogP contribution in [0.1, 0.15) is 46.0 Å². The van der Waals surface area contributed by atoms with Gasteiger partial charge in [-0.05, 0) is 30.6 Å². The van der Waals surface area contributed by atoms with E-state index in [9.17, 15) is 39.6 Å². The van der Waals surface area contributed by atoms with E-state index in [-0.39, 0.29) is 19.3 Å². The smallest absolute Gasteiger partial charge is 0.310 e. The molecule has 2 saturated carbocycles. The van der Waals surface area contributed by atoms with Crippen LogP contribution < -0.4 is 0 Å². The fourth-order valence-electron chi connectivity index (χ4n) is 5.46. The first-order valence-electron chi connectivity index (χ1n) is 8.45. The fraction of sp³-hybridized carbons (Fsp3) is 0.765. The molecule has 0 radical (unpaired) electrons. The highest BCUT2D eigenvalue weighted by Crippen LogP contribution is 2.72. The van der Waals surface area contributed by atoms with Gasteiger partial charge in [0.2, 0.25) is 0 Å². The van der Waals surface area contributed by atoms with E-state index >= 15 is 0 Å². The van der Waals surface area contributed by atoms with Crippen molar-refractivity contribution >= 4 is 23.9 Å². The summed E-state index contributed by atoms with van der Waals surface area (Å²) in [7, 11) is 0. The van der Waals surface area contributed by atoms with Crippen molar-refractivity contribution in [3.05, 3.63) is 0 Å². The van der Waals surface area contributed by atoms with Crippen LogP contribution in [0.4, 0.5) is 0 Å². The number of aliphatic carboxylic acids is 4. The van der Waals surface area contributed by atoms with Crippen LogP contribution in [-0.2, 0) is 19.2 Å². The van der Waals surface area contributed by atoms with Crippen LogP contribution in [0.2, 0.25) is 0 Å². The Kier molecular flexibility index (Phi) is 4.85. The molecule has 0 aliphatic heterocycles. The van der Waals surface area contributed by atoms with Crippen molar-refractivity contribution in [2.75, 3.05) is 0 Å². The molecule has 6 atom stereocenters. The first kappa shape index (κ1) is 19.2. The third kappa shape index (κ3) is 2.58. The predicted octanol–water partition coefficient (Wildman–Crippen LogP) is 1.78. The van der Waals surface area contributed by atoms with E-state index in [0.29, 0.717) is 12.8 Å². The second-order valence-electron chi connectivity index (χ2n) is 7.61. The molecule has 140 valence electrons. The van der Waals surface area contributed by atoms with Gasteiger partial charge in [0.25, 0.3) is 0 Å². The van der Waals surface area contributed by atoms with E-state index in [1.54, 1.807) is 6.92 Å². The number of carbonyl (C=O) groups is 4. The molecular weight excluding hydrogens is 332 g/mol. The summed E-state index contributed by atoms with van der Waals surface area (Å²) in [5.74, 6) is -9.33. The van der Waals surface area contributed by atoms with Gasteiger partial charge < -0.3 is 20.4 Å². The zero-order chi connectivity index (χ0) is 19.2. The van der Waals surface area contributed by atoms with Crippen molar-refractivity contribution in [3.8, 4) is 0 Å². The standard InChI is InChI=1S/C17H24O8/c1-3-4-5-17(15(24)25)10-6-8(12(18)19)9(13(20)21)7-16(10,2)11(17)14(22)23/h8-11H,3-7H2,1-2H3,(H,18,19)(H,20,21)(H,22,23)(H,24,25). The maximum Gasteiger partial charge on any atom is 0.310 e. The summed E-state index contributed by atoms with van der Waals surface area (Å²) < 4.78 is 0. The van der Waals surface area contributed by atoms with Gasteiger partial charge in [0.05, 0.1) is 23.2 Å². The van der Waals surface area contributed by atoms with Gasteiger partial charge in [-0.25, -0.2) is 0 Å². The Balaban J connectivity index is 2.52. The minimum Gasteiger partial charge on any atom is -0.481 e. The molecule has 6 unspecified atom stereocenters. The summed E-state index contributed by atoms with van der Waals surface area (Å²) in [6.45, 7) is 3.46. The van der Waals surface area contributed by atoms with Crippen molar-refractivity contribution in [2.24, 2.45) is 34.5 Å². The van der Waals surface area contributed by atoms with Gasteiger partial charge >= 0.3 is 23.9 Å². The summed E-state index contributed by atoms with van der Waals surface area (Å²) >= 11 is 0. The van der Waals surface area contributed by atoms with Crippen molar-refractivity contribution in [3.63, 3.8) is 0 Å². The Bertz CT molecular complexity index is 614. The Labute approximate surface area is 144 Å². The fourth-order valence-corrected chi connectivity index (χ4v) is 5.46. The van der Waals surface area contributed by atoms with Crippen LogP contribution >= 0.6 is 0 Å². The van der Waals surface area contributed by atoms with Crippen molar-refractivity contribution in [2.45, 2.75) is 46.0 Å². The third-order valence-electron chi connectivity index (χ3n) is 6.45. The first-order valence-corrected chi connectivity index (χ1v) is 8.45. The van der Waals surface area contributed by atoms with Crippen molar-refractivity contribution < 1.29 is 39.6 Å². The van der Waals surface area contributed by atoms with E-state index in [0.717, 1.165) is 0 Å². The molecular formula is C17H24O8. The molecule has 8 heteroatoms. The molecule has 0 heterocycles. The van der Waals surface area contributed by atoms with Crippen LogP contribution in [-0.4, -0.2) is 44.3 Å². The molecule has 0 spiro atoms. The minimum absolute atomic E-state index is 0.122. The molecule has 0 aromatic carbocycles. The normalized spacial score (nSPS) is 39.8. The summed E-state index contributed by atoms with van der Waals surface area (Å²) in [4.78, 5) is 47.0.